The number of nitrogens with one attached hydrogen (secondary N) is 3. The molecule has 1 amide bonds. The predicted molar refractivity (Wildman–Crippen MR) is 103 cm³/mol. The fourth-order valence-electron chi connectivity index (χ4n) is 1.91. The molecule has 6 nitrogen and oxygen atoms in total. The van der Waals surface area contributed by atoms with E-state index in [0.29, 0.717) is 16.2 Å². The molecule has 0 atom stereocenters. The molecule has 0 spiro atoms. The van der Waals surface area contributed by atoms with Crippen LogP contribution in [-0.2, 0) is 11.3 Å². The molecule has 8 heteroatoms. The lowest BCUT2D eigenvalue weighted by Gasteiger charge is -2.22. The molecule has 0 radical (unpaired) electrons. The van der Waals surface area contributed by atoms with Crippen LogP contribution in [-0.4, -0.2) is 26.3 Å². The molecule has 0 saturated heterocycles. The monoisotopic (exact) mass is 371 g/mol. The van der Waals surface area contributed by atoms with E-state index in [1.807, 2.05) is 27.7 Å². The molecule has 3 N–H and O–H groups in total. The van der Waals surface area contributed by atoms with Crippen molar-refractivity contribution < 1.29 is 4.79 Å². The number of halogens is 1. The highest BCUT2D eigenvalue weighted by atomic mass is 35.5. The number of hydrogen-bond acceptors (Lipinski definition) is 3. The maximum atomic E-state index is 11.9. The third-order valence-corrected chi connectivity index (χ3v) is 3.44. The fraction of sp³-hybridized carbons (Fsp3) is 0.562. The second-order valence-corrected chi connectivity index (χ2v) is 7.78. The lowest BCUT2D eigenvalue weighted by Crippen LogP contribution is -2.51. The number of aryl methyl sites for hydroxylation is 1. The largest absolute Gasteiger partial charge is 0.357 e. The van der Waals surface area contributed by atoms with E-state index in [4.69, 9.17) is 23.8 Å². The van der Waals surface area contributed by atoms with Crippen LogP contribution in [0, 0.1) is 12.8 Å². The van der Waals surface area contributed by atoms with Gasteiger partial charge in [-0.05, 0) is 51.9 Å². The quantitative estimate of drug-likeness (QED) is 0.431. The van der Waals surface area contributed by atoms with Crippen LogP contribution in [0.1, 0.15) is 45.9 Å². The summed E-state index contributed by atoms with van der Waals surface area (Å²) in [5.41, 5.74) is 6.49. The number of hydrogen-bond donors (Lipinski definition) is 3. The number of hydrazine groups is 1. The molecule has 0 bridgehead atoms. The summed E-state index contributed by atoms with van der Waals surface area (Å²) in [6, 6.07) is 0. The Balaban J connectivity index is 2.64. The lowest BCUT2D eigenvalue weighted by molar-refractivity contribution is -0.117. The van der Waals surface area contributed by atoms with E-state index in [-0.39, 0.29) is 11.4 Å². The van der Waals surface area contributed by atoms with Gasteiger partial charge in [0.15, 0.2) is 5.11 Å². The Bertz CT molecular complexity index is 631. The van der Waals surface area contributed by atoms with Crippen molar-refractivity contribution in [2.24, 2.45) is 5.92 Å². The number of amides is 1. The summed E-state index contributed by atoms with van der Waals surface area (Å²) in [6.07, 6.45) is 3.04. The standard InChI is InChI=1S/C16H26ClN5OS/c1-10(2)9-22-14(17)12(11(3)21-22)7-8-13(23)19-20-15(24)18-16(4,5)6/h7-8,10H,9H2,1-6H3,(H,19,23)(H2,18,20,24)/b8-7+. The number of thiocarbonyl (C=S) groups is 1. The topological polar surface area (TPSA) is 71.0 Å². The second-order valence-electron chi connectivity index (χ2n) is 7.02. The highest BCUT2D eigenvalue weighted by Gasteiger charge is 2.13. The van der Waals surface area contributed by atoms with Gasteiger partial charge in [0.25, 0.3) is 5.91 Å². The average Bonchev–Trinajstić information content (AvgIpc) is 2.66. The molecule has 0 saturated carbocycles. The summed E-state index contributed by atoms with van der Waals surface area (Å²) in [5.74, 6) is 0.0996. The molecular weight excluding hydrogens is 346 g/mol. The Morgan fingerprint density at radius 3 is 2.54 bits per heavy atom. The SMILES string of the molecule is Cc1nn(CC(C)C)c(Cl)c1/C=C/C(=O)NNC(=S)NC(C)(C)C. The molecule has 24 heavy (non-hydrogen) atoms. The first-order chi connectivity index (χ1) is 11.0. The summed E-state index contributed by atoms with van der Waals surface area (Å²) in [5, 5.41) is 8.31. The minimum absolute atomic E-state index is 0.180. The van der Waals surface area contributed by atoms with Crippen molar-refractivity contribution in [3.05, 3.63) is 22.5 Å². The average molecular weight is 372 g/mol. The summed E-state index contributed by atoms with van der Waals surface area (Å²) in [7, 11) is 0. The molecule has 0 fully saturated rings. The van der Waals surface area contributed by atoms with Crippen molar-refractivity contribution >= 4 is 40.9 Å². The Hall–Kier alpha value is -1.60. The van der Waals surface area contributed by atoms with E-state index < -0.39 is 0 Å². The summed E-state index contributed by atoms with van der Waals surface area (Å²) in [4.78, 5) is 11.9. The highest BCUT2D eigenvalue weighted by molar-refractivity contribution is 7.80. The first-order valence-corrected chi connectivity index (χ1v) is 8.57. The number of carbonyl (C=O) groups excluding carboxylic acids is 1. The van der Waals surface area contributed by atoms with Crippen molar-refractivity contribution in [1.29, 1.82) is 0 Å². The van der Waals surface area contributed by atoms with Crippen LogP contribution in [0.5, 0.6) is 0 Å². The molecule has 0 aliphatic carbocycles. The van der Waals surface area contributed by atoms with Gasteiger partial charge in [-0.2, -0.15) is 5.10 Å². The van der Waals surface area contributed by atoms with Crippen molar-refractivity contribution in [3.63, 3.8) is 0 Å². The molecule has 1 heterocycles. The first-order valence-electron chi connectivity index (χ1n) is 7.78. The van der Waals surface area contributed by atoms with Gasteiger partial charge in [0.2, 0.25) is 0 Å². The third-order valence-electron chi connectivity index (χ3n) is 2.84. The fourth-order valence-corrected chi connectivity index (χ4v) is 2.58. The molecule has 0 unspecified atom stereocenters. The predicted octanol–water partition coefficient (Wildman–Crippen LogP) is 2.81. The van der Waals surface area contributed by atoms with Crippen molar-refractivity contribution in [3.8, 4) is 0 Å². The maximum absolute atomic E-state index is 11.9. The second kappa shape index (κ2) is 8.48. The van der Waals surface area contributed by atoms with Crippen LogP contribution in [0.4, 0.5) is 0 Å². The third kappa shape index (κ3) is 6.88. The van der Waals surface area contributed by atoms with Crippen molar-refractivity contribution in [2.45, 2.75) is 53.6 Å². The van der Waals surface area contributed by atoms with Gasteiger partial charge in [-0.25, -0.2) is 0 Å². The molecule has 0 aliphatic rings. The number of rotatable bonds is 4. The Morgan fingerprint density at radius 2 is 2.00 bits per heavy atom. The number of carbonyl (C=O) groups is 1. The molecule has 0 aromatic carbocycles. The van der Waals surface area contributed by atoms with E-state index in [2.05, 4.69) is 35.1 Å². The Labute approximate surface area is 154 Å². The van der Waals surface area contributed by atoms with Gasteiger partial charge in [0.05, 0.1) is 5.69 Å². The number of nitrogens with zero attached hydrogens (tertiary/aromatic N) is 2. The van der Waals surface area contributed by atoms with Crippen molar-refractivity contribution in [1.82, 2.24) is 25.9 Å². The van der Waals surface area contributed by atoms with Crippen LogP contribution in [0.25, 0.3) is 6.08 Å². The van der Waals surface area contributed by atoms with Gasteiger partial charge in [0.1, 0.15) is 5.15 Å². The zero-order valence-electron chi connectivity index (χ0n) is 15.0. The molecule has 0 aliphatic heterocycles. The Kier molecular flexibility index (Phi) is 7.23. The summed E-state index contributed by atoms with van der Waals surface area (Å²) in [6.45, 7) is 12.7. The Morgan fingerprint density at radius 1 is 1.38 bits per heavy atom. The van der Waals surface area contributed by atoms with E-state index in [1.165, 1.54) is 6.08 Å². The maximum Gasteiger partial charge on any atom is 0.262 e. The molecule has 1 rings (SSSR count). The van der Waals surface area contributed by atoms with Crippen LogP contribution in [0.15, 0.2) is 6.08 Å². The summed E-state index contributed by atoms with van der Waals surface area (Å²) < 4.78 is 1.75. The molecule has 134 valence electrons. The van der Waals surface area contributed by atoms with E-state index >= 15 is 0 Å². The number of aromatic nitrogens is 2. The van der Waals surface area contributed by atoms with Gasteiger partial charge < -0.3 is 5.32 Å². The normalized spacial score (nSPS) is 11.8. The van der Waals surface area contributed by atoms with Crippen molar-refractivity contribution in [2.75, 3.05) is 0 Å². The van der Waals surface area contributed by atoms with Gasteiger partial charge in [-0.1, -0.05) is 25.4 Å². The lowest BCUT2D eigenvalue weighted by atomic mass is 10.1. The van der Waals surface area contributed by atoms with E-state index in [9.17, 15) is 4.79 Å². The van der Waals surface area contributed by atoms with E-state index in [1.54, 1.807) is 10.8 Å². The molecule has 1 aromatic heterocycles. The smallest absolute Gasteiger partial charge is 0.262 e. The van der Waals surface area contributed by atoms with Gasteiger partial charge >= 0.3 is 0 Å². The van der Waals surface area contributed by atoms with E-state index in [0.717, 1.165) is 17.8 Å². The minimum atomic E-state index is -0.333. The van der Waals surface area contributed by atoms with Crippen LogP contribution in [0.3, 0.4) is 0 Å². The molecule has 1 aromatic rings. The van der Waals surface area contributed by atoms with Gasteiger partial charge in [0, 0.05) is 23.7 Å². The zero-order chi connectivity index (χ0) is 18.5. The van der Waals surface area contributed by atoms with Gasteiger partial charge in [-0.15, -0.1) is 0 Å². The summed E-state index contributed by atoms with van der Waals surface area (Å²) >= 11 is 11.4. The van der Waals surface area contributed by atoms with Crippen LogP contribution >= 0.6 is 23.8 Å². The van der Waals surface area contributed by atoms with Crippen LogP contribution in [0.2, 0.25) is 5.15 Å². The molecular formula is C16H26ClN5OS. The minimum Gasteiger partial charge on any atom is -0.357 e. The zero-order valence-corrected chi connectivity index (χ0v) is 16.6. The highest BCUT2D eigenvalue weighted by Crippen LogP contribution is 2.22. The van der Waals surface area contributed by atoms with Gasteiger partial charge in [-0.3, -0.25) is 20.3 Å². The van der Waals surface area contributed by atoms with Crippen LogP contribution < -0.4 is 16.2 Å². The first kappa shape index (κ1) is 20.4.